The van der Waals surface area contributed by atoms with Gasteiger partial charge in [-0.2, -0.15) is 0 Å². The van der Waals surface area contributed by atoms with Gasteiger partial charge in [0, 0.05) is 31.6 Å². The molecule has 15 heteroatoms. The van der Waals surface area contributed by atoms with Gasteiger partial charge in [-0.25, -0.2) is 9.59 Å². The second-order valence-corrected chi connectivity index (χ2v) is 16.1. The maximum Gasteiger partial charge on any atom is 0.326 e. The standard InChI is InChI=1S/C43H75N5O10/c1-31(2)36(49)27-25-34(42(55)56)48-40(53)30-45-41(54)33(22-17-18-29-44)46-39(52)28-26-35(43(57)58)47-38(51)24-16-14-12-10-8-6-4-3-5-7-9-11-13-15-23-37(50)32-20-19-21-32/h31,33-35,50H,3-30,44H2,1-2H3,(H,45,54)(H,46,52)(H,47,51)(H,48,53)(H,55,56)(H,57,58). The molecule has 3 unspecified atom stereocenters. The van der Waals surface area contributed by atoms with Crippen molar-refractivity contribution in [1.29, 1.82) is 0 Å². The molecular weight excluding hydrogens is 746 g/mol. The summed E-state index contributed by atoms with van der Waals surface area (Å²) in [5.41, 5.74) is 6.84. The zero-order valence-electron chi connectivity index (χ0n) is 35.4. The minimum Gasteiger partial charge on any atom is -0.512 e. The van der Waals surface area contributed by atoms with Gasteiger partial charge in [-0.1, -0.05) is 90.9 Å². The number of hydrogen-bond donors (Lipinski definition) is 8. The molecule has 0 bridgehead atoms. The molecule has 0 spiro atoms. The topological polar surface area (TPSA) is 254 Å². The molecule has 1 rings (SSSR count). The number of carbonyl (C=O) groups excluding carboxylic acids is 5. The number of nitrogens with two attached hydrogens (primary N) is 1. The summed E-state index contributed by atoms with van der Waals surface area (Å²) in [6, 6.07) is -3.66. The Morgan fingerprint density at radius 1 is 0.534 bits per heavy atom. The average Bonchev–Trinajstić information content (AvgIpc) is 3.15. The summed E-state index contributed by atoms with van der Waals surface area (Å²) in [5.74, 6) is -4.82. The third kappa shape index (κ3) is 25.4. The fraction of sp³-hybridized carbons (Fsp3) is 0.791. The van der Waals surface area contributed by atoms with E-state index < -0.39 is 60.2 Å². The van der Waals surface area contributed by atoms with Gasteiger partial charge in [-0.05, 0) is 76.3 Å². The lowest BCUT2D eigenvalue weighted by molar-refractivity contribution is -0.142. The SMILES string of the molecule is CC(C)C(=O)CCC(NC(=O)CNC(=O)C(CCCCN)NC(=O)CCC(NC(=O)CCCCCCCCCCCCCCCCC(O)=C1CCC1)C(=O)O)C(=O)O. The Morgan fingerprint density at radius 3 is 1.45 bits per heavy atom. The predicted octanol–water partition coefficient (Wildman–Crippen LogP) is 5.88. The van der Waals surface area contributed by atoms with Gasteiger partial charge in [0.2, 0.25) is 23.6 Å². The normalized spacial score (nSPS) is 13.8. The summed E-state index contributed by atoms with van der Waals surface area (Å²) in [5, 5.41) is 38.9. The lowest BCUT2D eigenvalue weighted by Gasteiger charge is -2.20. The van der Waals surface area contributed by atoms with Crippen molar-refractivity contribution in [3.8, 4) is 0 Å². The number of hydrogen-bond acceptors (Lipinski definition) is 9. The number of amides is 4. The number of Topliss-reactive ketones (excluding diaryl/α,β-unsaturated/α-hetero) is 1. The molecule has 0 saturated heterocycles. The van der Waals surface area contributed by atoms with Gasteiger partial charge < -0.3 is 42.3 Å². The van der Waals surface area contributed by atoms with Crippen molar-refractivity contribution in [2.45, 2.75) is 199 Å². The fourth-order valence-corrected chi connectivity index (χ4v) is 6.71. The quantitative estimate of drug-likeness (QED) is 0.0274. The number of carbonyl (C=O) groups is 7. The summed E-state index contributed by atoms with van der Waals surface area (Å²) in [4.78, 5) is 86.0. The molecule has 1 fully saturated rings. The number of unbranched alkanes of at least 4 members (excludes halogenated alkanes) is 14. The molecule has 0 aromatic carbocycles. The zero-order chi connectivity index (χ0) is 43.1. The maximum absolute atomic E-state index is 12.9. The molecule has 3 atom stereocenters. The van der Waals surface area contributed by atoms with Crippen LogP contribution in [0.4, 0.5) is 0 Å². The number of aliphatic hydroxyl groups is 1. The third-order valence-electron chi connectivity index (χ3n) is 10.7. The van der Waals surface area contributed by atoms with Crippen LogP contribution in [-0.2, 0) is 33.6 Å². The molecule has 0 aliphatic heterocycles. The van der Waals surface area contributed by atoms with Crippen molar-refractivity contribution >= 4 is 41.4 Å². The van der Waals surface area contributed by atoms with Gasteiger partial charge in [-0.15, -0.1) is 0 Å². The molecule has 0 aromatic heterocycles. The first-order valence-electron chi connectivity index (χ1n) is 22.0. The van der Waals surface area contributed by atoms with Crippen LogP contribution in [0.3, 0.4) is 0 Å². The monoisotopic (exact) mass is 822 g/mol. The first kappa shape index (κ1) is 52.0. The summed E-state index contributed by atoms with van der Waals surface area (Å²) < 4.78 is 0. The van der Waals surface area contributed by atoms with Crippen LogP contribution < -0.4 is 27.0 Å². The van der Waals surface area contributed by atoms with Crippen LogP contribution in [0.2, 0.25) is 0 Å². The first-order valence-corrected chi connectivity index (χ1v) is 22.0. The Hall–Kier alpha value is -4.01. The summed E-state index contributed by atoms with van der Waals surface area (Å²) >= 11 is 0. The second kappa shape index (κ2) is 31.9. The van der Waals surface area contributed by atoms with E-state index in [1.165, 1.54) is 63.4 Å². The van der Waals surface area contributed by atoms with E-state index >= 15 is 0 Å². The van der Waals surface area contributed by atoms with Gasteiger partial charge in [0.15, 0.2) is 0 Å². The van der Waals surface area contributed by atoms with E-state index in [0.717, 1.165) is 51.4 Å². The number of rotatable bonds is 36. The molecular formula is C43H75N5O10. The summed E-state index contributed by atoms with van der Waals surface area (Å²) in [6.07, 6.45) is 20.9. The van der Waals surface area contributed by atoms with E-state index in [9.17, 15) is 48.9 Å². The highest BCUT2D eigenvalue weighted by molar-refractivity contribution is 5.92. The van der Waals surface area contributed by atoms with Gasteiger partial charge in [0.1, 0.15) is 23.9 Å². The average molecular weight is 822 g/mol. The molecule has 1 aliphatic rings. The molecule has 0 radical (unpaired) electrons. The Balaban J connectivity index is 2.28. The molecule has 4 amide bonds. The van der Waals surface area contributed by atoms with Crippen molar-refractivity contribution in [2.24, 2.45) is 11.7 Å². The van der Waals surface area contributed by atoms with Gasteiger partial charge in [-0.3, -0.25) is 24.0 Å². The molecule has 332 valence electrons. The molecule has 0 aromatic rings. The minimum atomic E-state index is -1.32. The van der Waals surface area contributed by atoms with E-state index in [4.69, 9.17) is 5.73 Å². The predicted molar refractivity (Wildman–Crippen MR) is 223 cm³/mol. The van der Waals surface area contributed by atoms with E-state index in [-0.39, 0.29) is 50.2 Å². The Bertz CT molecular complexity index is 1300. The van der Waals surface area contributed by atoms with Crippen molar-refractivity contribution in [3.05, 3.63) is 11.3 Å². The fourth-order valence-electron chi connectivity index (χ4n) is 6.71. The van der Waals surface area contributed by atoms with Crippen molar-refractivity contribution in [2.75, 3.05) is 13.1 Å². The molecule has 1 saturated carbocycles. The first-order chi connectivity index (χ1) is 27.7. The minimum absolute atomic E-state index is 0.0291. The lowest BCUT2D eigenvalue weighted by Crippen LogP contribution is -2.51. The molecule has 9 N–H and O–H groups in total. The van der Waals surface area contributed by atoms with Crippen LogP contribution in [0.25, 0.3) is 0 Å². The number of carboxylic acid groups (broad SMARTS) is 2. The van der Waals surface area contributed by atoms with E-state index in [2.05, 4.69) is 21.3 Å². The van der Waals surface area contributed by atoms with Crippen molar-refractivity contribution in [1.82, 2.24) is 21.3 Å². The zero-order valence-corrected chi connectivity index (χ0v) is 35.4. The largest absolute Gasteiger partial charge is 0.512 e. The Labute approximate surface area is 345 Å². The van der Waals surface area contributed by atoms with Crippen LogP contribution in [0.5, 0.6) is 0 Å². The molecule has 1 aliphatic carbocycles. The highest BCUT2D eigenvalue weighted by Crippen LogP contribution is 2.29. The van der Waals surface area contributed by atoms with E-state index in [1.54, 1.807) is 13.8 Å². The molecule has 58 heavy (non-hydrogen) atoms. The molecule has 0 heterocycles. The van der Waals surface area contributed by atoms with Crippen LogP contribution in [0.15, 0.2) is 11.3 Å². The van der Waals surface area contributed by atoms with Crippen LogP contribution in [0.1, 0.15) is 181 Å². The van der Waals surface area contributed by atoms with Crippen LogP contribution in [-0.4, -0.2) is 87.9 Å². The van der Waals surface area contributed by atoms with Gasteiger partial charge in [0.05, 0.1) is 12.3 Å². The number of aliphatic carboxylic acids is 2. The number of aliphatic hydroxyl groups excluding tert-OH is 1. The number of allylic oxidation sites excluding steroid dienone is 2. The number of ketones is 1. The smallest absolute Gasteiger partial charge is 0.326 e. The second-order valence-electron chi connectivity index (χ2n) is 16.1. The highest BCUT2D eigenvalue weighted by Gasteiger charge is 2.26. The summed E-state index contributed by atoms with van der Waals surface area (Å²) in [6.45, 7) is 3.18. The molecule has 15 nitrogen and oxygen atoms in total. The van der Waals surface area contributed by atoms with Gasteiger partial charge in [0.25, 0.3) is 0 Å². The van der Waals surface area contributed by atoms with Crippen LogP contribution >= 0.6 is 0 Å². The van der Waals surface area contributed by atoms with E-state index in [0.29, 0.717) is 31.6 Å². The Morgan fingerprint density at radius 2 is 0.983 bits per heavy atom. The van der Waals surface area contributed by atoms with Crippen LogP contribution in [0, 0.1) is 5.92 Å². The van der Waals surface area contributed by atoms with Crippen molar-refractivity contribution in [3.63, 3.8) is 0 Å². The van der Waals surface area contributed by atoms with E-state index in [1.807, 2.05) is 0 Å². The number of carboxylic acids is 2. The summed E-state index contributed by atoms with van der Waals surface area (Å²) in [7, 11) is 0. The highest BCUT2D eigenvalue weighted by atomic mass is 16.4. The third-order valence-corrected chi connectivity index (χ3v) is 10.7. The Kier molecular flexibility index (Phi) is 28.6. The van der Waals surface area contributed by atoms with Crippen molar-refractivity contribution < 1.29 is 48.9 Å². The maximum atomic E-state index is 12.9. The number of nitrogens with one attached hydrogen (secondary N) is 4. The van der Waals surface area contributed by atoms with Gasteiger partial charge >= 0.3 is 11.9 Å². The lowest BCUT2D eigenvalue weighted by atomic mass is 9.90.